The number of ether oxygens (including phenoxy) is 1. The van der Waals surface area contributed by atoms with Crippen molar-refractivity contribution in [3.05, 3.63) is 35.7 Å². The van der Waals surface area contributed by atoms with Gasteiger partial charge in [-0.05, 0) is 44.7 Å². The summed E-state index contributed by atoms with van der Waals surface area (Å²) < 4.78 is 6.66. The number of methoxy groups -OCH3 is 1. The number of aryl methyl sites for hydroxylation is 1. The van der Waals surface area contributed by atoms with Crippen molar-refractivity contribution >= 4 is 6.09 Å². The molecule has 2 aromatic rings. The number of hydrogen-bond donors (Lipinski definition) is 2. The summed E-state index contributed by atoms with van der Waals surface area (Å²) in [6.45, 7) is 5.60. The van der Waals surface area contributed by atoms with E-state index in [0.29, 0.717) is 19.1 Å². The van der Waals surface area contributed by atoms with Crippen LogP contribution in [0, 0.1) is 0 Å². The Morgan fingerprint density at radius 3 is 2.85 bits per heavy atom. The molecule has 146 valence electrons. The third-order valence-electron chi connectivity index (χ3n) is 4.82. The molecule has 1 fully saturated rings. The van der Waals surface area contributed by atoms with Crippen LogP contribution in [0.5, 0.6) is 0 Å². The second kappa shape index (κ2) is 8.99. The maximum absolute atomic E-state index is 11.2. The first kappa shape index (κ1) is 19.4. The molecular formula is C20H29N5O2. The number of rotatable bonds is 9. The van der Waals surface area contributed by atoms with Crippen LogP contribution in [0.4, 0.5) is 4.79 Å². The van der Waals surface area contributed by atoms with Gasteiger partial charge in [-0.3, -0.25) is 9.67 Å². The Morgan fingerprint density at radius 1 is 1.41 bits per heavy atom. The van der Waals surface area contributed by atoms with Crippen molar-refractivity contribution in [1.82, 2.24) is 25.4 Å². The zero-order valence-electron chi connectivity index (χ0n) is 16.4. The molecule has 0 saturated heterocycles. The van der Waals surface area contributed by atoms with Gasteiger partial charge in [-0.2, -0.15) is 5.10 Å². The van der Waals surface area contributed by atoms with Crippen LogP contribution in [-0.4, -0.2) is 40.6 Å². The van der Waals surface area contributed by atoms with Gasteiger partial charge in [-0.1, -0.05) is 13.0 Å². The Labute approximate surface area is 160 Å². The van der Waals surface area contributed by atoms with Crippen LogP contribution < -0.4 is 10.6 Å². The van der Waals surface area contributed by atoms with Gasteiger partial charge in [0.1, 0.15) is 0 Å². The number of pyridine rings is 1. The fourth-order valence-corrected chi connectivity index (χ4v) is 3.34. The van der Waals surface area contributed by atoms with Gasteiger partial charge in [-0.25, -0.2) is 4.79 Å². The first-order chi connectivity index (χ1) is 13.1. The summed E-state index contributed by atoms with van der Waals surface area (Å²) in [5.41, 5.74) is 4.37. The monoisotopic (exact) mass is 371 g/mol. The highest BCUT2D eigenvalue weighted by Gasteiger charge is 2.27. The molecular weight excluding hydrogens is 342 g/mol. The molecule has 1 saturated carbocycles. The van der Waals surface area contributed by atoms with Gasteiger partial charge >= 0.3 is 6.09 Å². The number of alkyl carbamates (subject to hydrolysis) is 1. The lowest BCUT2D eigenvalue weighted by Gasteiger charge is -2.12. The van der Waals surface area contributed by atoms with Gasteiger partial charge < -0.3 is 15.4 Å². The summed E-state index contributed by atoms with van der Waals surface area (Å²) in [5.74, 6) is 0. The number of hydrogen-bond acceptors (Lipinski definition) is 5. The first-order valence-corrected chi connectivity index (χ1v) is 9.72. The predicted octanol–water partition coefficient (Wildman–Crippen LogP) is 3.07. The molecule has 0 aromatic carbocycles. The largest absolute Gasteiger partial charge is 0.453 e. The fraction of sp³-hybridized carbons (Fsp3) is 0.550. The lowest BCUT2D eigenvalue weighted by Crippen LogP contribution is -2.25. The molecule has 1 aliphatic rings. The standard InChI is InChI=1S/C20H29N5O2/c1-4-16-18(14(2)23-15-9-10-15)24-25(13-7-12-22-20(26)27-3)19(16)17-8-5-6-11-21-17/h5-6,8,11,14-15,23H,4,7,9-10,12-13H2,1-3H3,(H,22,26). The SMILES string of the molecule is CCc1c(C(C)NC2CC2)nn(CCCNC(=O)OC)c1-c1ccccn1. The molecule has 27 heavy (non-hydrogen) atoms. The van der Waals surface area contributed by atoms with Gasteiger partial charge in [-0.15, -0.1) is 0 Å². The molecule has 2 aromatic heterocycles. The lowest BCUT2D eigenvalue weighted by molar-refractivity contribution is 0.170. The third kappa shape index (κ3) is 4.86. The van der Waals surface area contributed by atoms with Crippen molar-refractivity contribution in [3.63, 3.8) is 0 Å². The molecule has 0 aliphatic heterocycles. The minimum atomic E-state index is -0.405. The van der Waals surface area contributed by atoms with Crippen LogP contribution >= 0.6 is 0 Å². The van der Waals surface area contributed by atoms with Crippen LogP contribution in [0.1, 0.15) is 50.4 Å². The van der Waals surface area contributed by atoms with E-state index in [1.54, 1.807) is 0 Å². The summed E-state index contributed by atoms with van der Waals surface area (Å²) in [5, 5.41) is 11.3. The normalized spacial score (nSPS) is 14.8. The Morgan fingerprint density at radius 2 is 2.22 bits per heavy atom. The quantitative estimate of drug-likeness (QED) is 0.662. The van der Waals surface area contributed by atoms with Crippen molar-refractivity contribution in [2.75, 3.05) is 13.7 Å². The minimum absolute atomic E-state index is 0.212. The van der Waals surface area contributed by atoms with E-state index in [-0.39, 0.29) is 6.04 Å². The number of nitrogens with zero attached hydrogens (tertiary/aromatic N) is 3. The molecule has 3 rings (SSSR count). The van der Waals surface area contributed by atoms with Crippen LogP contribution in [0.15, 0.2) is 24.4 Å². The van der Waals surface area contributed by atoms with Gasteiger partial charge in [0.05, 0.1) is 24.2 Å². The van der Waals surface area contributed by atoms with Crippen molar-refractivity contribution in [2.24, 2.45) is 0 Å². The molecule has 1 unspecified atom stereocenters. The summed E-state index contributed by atoms with van der Waals surface area (Å²) >= 11 is 0. The van der Waals surface area contributed by atoms with Crippen molar-refractivity contribution in [3.8, 4) is 11.4 Å². The van der Waals surface area contributed by atoms with E-state index in [1.165, 1.54) is 25.5 Å². The smallest absolute Gasteiger partial charge is 0.406 e. The van der Waals surface area contributed by atoms with E-state index in [4.69, 9.17) is 5.10 Å². The molecule has 1 aliphatic carbocycles. The summed E-state index contributed by atoms with van der Waals surface area (Å²) in [6, 6.07) is 6.79. The fourth-order valence-electron chi connectivity index (χ4n) is 3.34. The summed E-state index contributed by atoms with van der Waals surface area (Å²) in [6.07, 6.45) is 5.58. The average molecular weight is 371 g/mol. The number of amides is 1. The highest BCUT2D eigenvalue weighted by molar-refractivity contribution is 5.66. The lowest BCUT2D eigenvalue weighted by atomic mass is 10.0. The molecule has 0 radical (unpaired) electrons. The number of carbonyl (C=O) groups excluding carboxylic acids is 1. The molecule has 7 heteroatoms. The van der Waals surface area contributed by atoms with Crippen molar-refractivity contribution in [1.29, 1.82) is 0 Å². The Hall–Kier alpha value is -2.41. The van der Waals surface area contributed by atoms with E-state index >= 15 is 0 Å². The first-order valence-electron chi connectivity index (χ1n) is 9.72. The van der Waals surface area contributed by atoms with E-state index in [0.717, 1.165) is 29.9 Å². The maximum Gasteiger partial charge on any atom is 0.406 e. The second-order valence-corrected chi connectivity index (χ2v) is 6.94. The second-order valence-electron chi connectivity index (χ2n) is 6.94. The van der Waals surface area contributed by atoms with Crippen LogP contribution in [0.25, 0.3) is 11.4 Å². The molecule has 0 spiro atoms. The Balaban J connectivity index is 1.84. The Bertz CT molecular complexity index is 755. The highest BCUT2D eigenvalue weighted by atomic mass is 16.5. The van der Waals surface area contributed by atoms with Crippen LogP contribution in [0.2, 0.25) is 0 Å². The average Bonchev–Trinajstić information content (AvgIpc) is 3.43. The highest BCUT2D eigenvalue weighted by Crippen LogP contribution is 2.31. The van der Waals surface area contributed by atoms with E-state index in [9.17, 15) is 4.79 Å². The van der Waals surface area contributed by atoms with E-state index < -0.39 is 6.09 Å². The zero-order valence-corrected chi connectivity index (χ0v) is 16.4. The molecule has 1 atom stereocenters. The van der Waals surface area contributed by atoms with Gasteiger partial charge in [0.15, 0.2) is 0 Å². The maximum atomic E-state index is 11.2. The summed E-state index contributed by atoms with van der Waals surface area (Å²) in [4.78, 5) is 15.8. The zero-order chi connectivity index (χ0) is 19.2. The van der Waals surface area contributed by atoms with Crippen molar-refractivity contribution in [2.45, 2.75) is 58.2 Å². The molecule has 7 nitrogen and oxygen atoms in total. The van der Waals surface area contributed by atoms with E-state index in [2.05, 4.69) is 34.2 Å². The van der Waals surface area contributed by atoms with Gasteiger partial charge in [0.2, 0.25) is 0 Å². The molecule has 2 N–H and O–H groups in total. The van der Waals surface area contributed by atoms with Gasteiger partial charge in [0, 0.05) is 36.9 Å². The number of carbonyl (C=O) groups is 1. The van der Waals surface area contributed by atoms with Gasteiger partial charge in [0.25, 0.3) is 0 Å². The number of nitrogens with one attached hydrogen (secondary N) is 2. The van der Waals surface area contributed by atoms with Crippen LogP contribution in [-0.2, 0) is 17.7 Å². The minimum Gasteiger partial charge on any atom is -0.453 e. The number of aromatic nitrogens is 3. The predicted molar refractivity (Wildman–Crippen MR) is 104 cm³/mol. The topological polar surface area (TPSA) is 81.1 Å². The summed E-state index contributed by atoms with van der Waals surface area (Å²) in [7, 11) is 1.37. The van der Waals surface area contributed by atoms with E-state index in [1.807, 2.05) is 29.1 Å². The third-order valence-corrected chi connectivity index (χ3v) is 4.82. The van der Waals surface area contributed by atoms with Crippen LogP contribution in [0.3, 0.4) is 0 Å². The molecule has 0 bridgehead atoms. The molecule has 1 amide bonds. The Kier molecular flexibility index (Phi) is 6.45. The molecule has 2 heterocycles. The van der Waals surface area contributed by atoms with Crippen molar-refractivity contribution < 1.29 is 9.53 Å².